The zero-order valence-corrected chi connectivity index (χ0v) is 11.2. The average molecular weight is 409 g/mol. The molecule has 0 radical (unpaired) electrons. The summed E-state index contributed by atoms with van der Waals surface area (Å²) in [5.74, 6) is -34.8. The van der Waals surface area contributed by atoms with Gasteiger partial charge in [-0.1, -0.05) is 6.92 Å². The molecule has 0 nitrogen and oxygen atoms in total. The van der Waals surface area contributed by atoms with Crippen molar-refractivity contribution in [2.45, 2.75) is 47.8 Å². The summed E-state index contributed by atoms with van der Waals surface area (Å²) in [5.41, 5.74) is 0. The van der Waals surface area contributed by atoms with Gasteiger partial charge in [0.05, 0.1) is 0 Å². The molecular formula is C8H5BrF12. The molecule has 0 aromatic heterocycles. The van der Waals surface area contributed by atoms with Crippen LogP contribution in [0.15, 0.2) is 0 Å². The molecule has 0 unspecified atom stereocenters. The van der Waals surface area contributed by atoms with E-state index in [0.29, 0.717) is 15.9 Å². The van der Waals surface area contributed by atoms with Gasteiger partial charge in [0.15, 0.2) is 0 Å². The van der Waals surface area contributed by atoms with Crippen molar-refractivity contribution >= 4 is 15.9 Å². The van der Waals surface area contributed by atoms with Crippen molar-refractivity contribution in [2.75, 3.05) is 0 Å². The molecule has 0 saturated carbocycles. The minimum atomic E-state index is -7.48. The molecule has 0 saturated heterocycles. The van der Waals surface area contributed by atoms with E-state index in [4.69, 9.17) is 0 Å². The van der Waals surface area contributed by atoms with Crippen LogP contribution in [-0.4, -0.2) is 34.4 Å². The van der Waals surface area contributed by atoms with Gasteiger partial charge in [0.25, 0.3) is 0 Å². The van der Waals surface area contributed by atoms with Gasteiger partial charge in [-0.15, -0.1) is 0 Å². The molecule has 13 heteroatoms. The van der Waals surface area contributed by atoms with Gasteiger partial charge < -0.3 is 0 Å². The molecule has 0 heterocycles. The quantitative estimate of drug-likeness (QED) is 0.398. The molecule has 0 bridgehead atoms. The average Bonchev–Trinajstić information content (AvgIpc) is 2.26. The van der Waals surface area contributed by atoms with E-state index < -0.39 is 40.9 Å². The fraction of sp³-hybridized carbons (Fsp3) is 1.00. The van der Waals surface area contributed by atoms with E-state index in [1.54, 1.807) is 0 Å². The Bertz CT molecular complexity index is 381. The Balaban J connectivity index is 6.14. The summed E-state index contributed by atoms with van der Waals surface area (Å²) in [6.07, 6.45) is -2.12. The van der Waals surface area contributed by atoms with Crippen LogP contribution < -0.4 is 0 Å². The molecule has 0 aromatic rings. The van der Waals surface area contributed by atoms with Crippen molar-refractivity contribution in [2.24, 2.45) is 0 Å². The first-order valence-corrected chi connectivity index (χ1v) is 5.56. The summed E-state index contributed by atoms with van der Waals surface area (Å²) in [6, 6.07) is 0. The highest BCUT2D eigenvalue weighted by atomic mass is 79.9. The second-order valence-corrected chi connectivity index (χ2v) is 4.85. The van der Waals surface area contributed by atoms with Gasteiger partial charge in [-0.3, -0.25) is 0 Å². The summed E-state index contributed by atoms with van der Waals surface area (Å²) >= 11 is 0.634. The third-order valence-corrected chi connectivity index (χ3v) is 2.94. The molecule has 0 fully saturated rings. The van der Waals surface area contributed by atoms with Crippen molar-refractivity contribution in [3.8, 4) is 0 Å². The molecule has 0 aliphatic carbocycles. The van der Waals surface area contributed by atoms with E-state index in [-0.39, 0.29) is 6.92 Å². The highest BCUT2D eigenvalue weighted by molar-refractivity contribution is 9.10. The molecule has 0 rings (SSSR count). The van der Waals surface area contributed by atoms with Crippen LogP contribution in [0.3, 0.4) is 0 Å². The van der Waals surface area contributed by atoms with Crippen LogP contribution in [0.4, 0.5) is 52.7 Å². The second-order valence-electron chi connectivity index (χ2n) is 3.85. The molecule has 0 atom stereocenters. The van der Waals surface area contributed by atoms with Crippen LogP contribution in [-0.2, 0) is 0 Å². The molecular weight excluding hydrogens is 404 g/mol. The maximum atomic E-state index is 12.9. The lowest BCUT2D eigenvalue weighted by Crippen LogP contribution is -2.69. The number of alkyl halides is 13. The first-order chi connectivity index (χ1) is 8.81. The van der Waals surface area contributed by atoms with Crippen LogP contribution in [0, 0.1) is 0 Å². The first-order valence-electron chi connectivity index (χ1n) is 4.77. The highest BCUT2D eigenvalue weighted by Crippen LogP contribution is 2.61. The highest BCUT2D eigenvalue weighted by Gasteiger charge is 2.89. The van der Waals surface area contributed by atoms with E-state index in [0.717, 1.165) is 0 Å². The molecule has 0 spiro atoms. The Morgan fingerprint density at radius 3 is 1.10 bits per heavy atom. The summed E-state index contributed by atoms with van der Waals surface area (Å²) in [4.78, 5) is -6.05. The summed E-state index contributed by atoms with van der Waals surface area (Å²) < 4.78 is 152. The van der Waals surface area contributed by atoms with Crippen LogP contribution in [0.5, 0.6) is 0 Å². The molecule has 0 aromatic carbocycles. The van der Waals surface area contributed by atoms with Gasteiger partial charge in [0.2, 0.25) is 0 Å². The standard InChI is InChI=1S/C8H5BrF12/c1-2-3(10,11)4(12,13)5(14,15)6(16,17)7(18,19)8(9,20)21/h2H2,1H3. The minimum Gasteiger partial charge on any atom is -0.200 e. The summed E-state index contributed by atoms with van der Waals surface area (Å²) in [6.45, 7) is 0.180. The minimum absolute atomic E-state index is 0.180. The lowest BCUT2D eigenvalue weighted by Gasteiger charge is -2.40. The predicted molar refractivity (Wildman–Crippen MR) is 48.9 cm³/mol. The zero-order valence-electron chi connectivity index (χ0n) is 9.62. The van der Waals surface area contributed by atoms with E-state index in [2.05, 4.69) is 0 Å². The smallest absolute Gasteiger partial charge is 0.200 e. The Morgan fingerprint density at radius 2 is 0.857 bits per heavy atom. The summed E-state index contributed by atoms with van der Waals surface area (Å²) in [5, 5.41) is 0. The van der Waals surface area contributed by atoms with E-state index in [1.165, 1.54) is 0 Å². The van der Waals surface area contributed by atoms with Crippen LogP contribution in [0.2, 0.25) is 0 Å². The molecule has 0 aliphatic heterocycles. The number of hydrogen-bond donors (Lipinski definition) is 0. The molecule has 0 N–H and O–H groups in total. The Hall–Kier alpha value is -0.360. The fourth-order valence-electron chi connectivity index (χ4n) is 1.02. The van der Waals surface area contributed by atoms with Crippen molar-refractivity contribution in [3.63, 3.8) is 0 Å². The molecule has 0 aliphatic rings. The van der Waals surface area contributed by atoms with Gasteiger partial charge >= 0.3 is 34.4 Å². The number of hydrogen-bond acceptors (Lipinski definition) is 0. The molecule has 21 heavy (non-hydrogen) atoms. The van der Waals surface area contributed by atoms with Gasteiger partial charge in [-0.05, 0) is 15.9 Å². The van der Waals surface area contributed by atoms with E-state index in [1.807, 2.05) is 0 Å². The number of halogens is 13. The number of rotatable bonds is 6. The normalized spacial score (nSPS) is 16.3. The van der Waals surface area contributed by atoms with Crippen molar-refractivity contribution in [1.82, 2.24) is 0 Å². The molecule has 128 valence electrons. The van der Waals surface area contributed by atoms with Crippen LogP contribution in [0.1, 0.15) is 13.3 Å². The monoisotopic (exact) mass is 408 g/mol. The maximum Gasteiger partial charge on any atom is 0.388 e. The van der Waals surface area contributed by atoms with Gasteiger partial charge in [-0.2, -0.15) is 52.7 Å². The Kier molecular flexibility index (Phi) is 5.00. The van der Waals surface area contributed by atoms with E-state index >= 15 is 0 Å². The molecule has 0 amide bonds. The van der Waals surface area contributed by atoms with Crippen molar-refractivity contribution < 1.29 is 52.7 Å². The van der Waals surface area contributed by atoms with Crippen LogP contribution >= 0.6 is 15.9 Å². The van der Waals surface area contributed by atoms with Crippen molar-refractivity contribution in [1.29, 1.82) is 0 Å². The lowest BCUT2D eigenvalue weighted by atomic mass is 9.93. The van der Waals surface area contributed by atoms with Gasteiger partial charge in [0.1, 0.15) is 0 Å². The van der Waals surface area contributed by atoms with E-state index in [9.17, 15) is 52.7 Å². The first kappa shape index (κ1) is 20.6. The lowest BCUT2D eigenvalue weighted by molar-refractivity contribution is -0.415. The summed E-state index contributed by atoms with van der Waals surface area (Å²) in [7, 11) is 0. The van der Waals surface area contributed by atoms with Crippen molar-refractivity contribution in [3.05, 3.63) is 0 Å². The Morgan fingerprint density at radius 1 is 0.571 bits per heavy atom. The fourth-order valence-corrected chi connectivity index (χ4v) is 1.27. The van der Waals surface area contributed by atoms with Crippen LogP contribution in [0.25, 0.3) is 0 Å². The second kappa shape index (κ2) is 5.08. The van der Waals surface area contributed by atoms with Gasteiger partial charge in [-0.25, -0.2) is 0 Å². The SMILES string of the molecule is CCC(F)(F)C(F)(F)C(F)(F)C(F)(F)C(F)(F)C(F)(F)Br. The largest absolute Gasteiger partial charge is 0.388 e. The topological polar surface area (TPSA) is 0 Å². The predicted octanol–water partition coefficient (Wildman–Crippen LogP) is 5.56. The zero-order chi connectivity index (χ0) is 17.7. The maximum absolute atomic E-state index is 12.9. The van der Waals surface area contributed by atoms with Gasteiger partial charge in [0, 0.05) is 6.42 Å². The third-order valence-electron chi connectivity index (χ3n) is 2.44. The Labute approximate surface area is 117 Å². The third kappa shape index (κ3) is 2.69.